The summed E-state index contributed by atoms with van der Waals surface area (Å²) in [5.74, 6) is 0.0831. The molecule has 10 nitrogen and oxygen atoms in total. The first-order chi connectivity index (χ1) is 22.5. The van der Waals surface area contributed by atoms with Gasteiger partial charge < -0.3 is 24.1 Å². The summed E-state index contributed by atoms with van der Waals surface area (Å²) >= 11 is 3.37. The number of carbonyl (C=O) groups is 2. The van der Waals surface area contributed by atoms with Gasteiger partial charge in [0.1, 0.15) is 12.4 Å². The Bertz CT molecular complexity index is 2050. The highest BCUT2D eigenvalue weighted by molar-refractivity contribution is 14.1. The molecule has 1 N–H and O–H groups in total. The zero-order valence-electron chi connectivity index (χ0n) is 26.4. The number of thiazole rings is 1. The fourth-order valence-corrected chi connectivity index (χ4v) is 6.98. The van der Waals surface area contributed by atoms with Crippen LogP contribution in [0.15, 0.2) is 81.7 Å². The van der Waals surface area contributed by atoms with E-state index in [-0.39, 0.29) is 23.8 Å². The normalized spacial score (nSPS) is 14.4. The maximum Gasteiger partial charge on any atom is 0.338 e. The van der Waals surface area contributed by atoms with Gasteiger partial charge in [-0.15, -0.1) is 0 Å². The standard InChI is InChI=1S/C35H33IN2O8S/c1-6-44-25-12-10-23(11-13-25)30-29(34(42)46-19(2)3)20(4)37-35-38(30)32(39)28(47-35)17-22-15-26(36)31(27(16-22)43-5)45-18-21-8-7-9-24(14-21)33(40)41/h7-17,19,30H,6,18H2,1-5H3,(H,40,41)/b28-17+/t30-/m0/s1. The number of allylic oxidation sites excluding steroid dienone is 1. The second-order valence-corrected chi connectivity index (χ2v) is 13.0. The third-order valence-corrected chi connectivity index (χ3v) is 8.98. The van der Waals surface area contributed by atoms with E-state index in [2.05, 4.69) is 27.6 Å². The molecule has 12 heteroatoms. The van der Waals surface area contributed by atoms with Gasteiger partial charge in [-0.1, -0.05) is 35.6 Å². The van der Waals surface area contributed by atoms with E-state index in [1.807, 2.05) is 37.3 Å². The Morgan fingerprint density at radius 3 is 2.51 bits per heavy atom. The average molecular weight is 769 g/mol. The number of aromatic nitrogens is 1. The van der Waals surface area contributed by atoms with Crippen molar-refractivity contribution in [1.82, 2.24) is 4.57 Å². The van der Waals surface area contributed by atoms with Gasteiger partial charge in [-0.3, -0.25) is 9.36 Å². The van der Waals surface area contributed by atoms with Crippen LogP contribution in [0.2, 0.25) is 0 Å². The maximum atomic E-state index is 14.1. The van der Waals surface area contributed by atoms with E-state index in [0.717, 1.165) is 9.13 Å². The summed E-state index contributed by atoms with van der Waals surface area (Å²) in [5, 5.41) is 9.31. The van der Waals surface area contributed by atoms with E-state index < -0.39 is 18.0 Å². The number of fused-ring (bicyclic) bond motifs is 1. The summed E-state index contributed by atoms with van der Waals surface area (Å²) in [6, 6.07) is 16.7. The number of esters is 1. The number of carboxylic acid groups (broad SMARTS) is 1. The fourth-order valence-electron chi connectivity index (χ4n) is 5.15. The van der Waals surface area contributed by atoms with Gasteiger partial charge in [0.05, 0.1) is 50.8 Å². The monoisotopic (exact) mass is 768 g/mol. The molecule has 0 bridgehead atoms. The van der Waals surface area contributed by atoms with Crippen LogP contribution in [-0.4, -0.2) is 41.4 Å². The summed E-state index contributed by atoms with van der Waals surface area (Å²) in [7, 11) is 1.53. The maximum absolute atomic E-state index is 14.1. The van der Waals surface area contributed by atoms with Crippen LogP contribution in [0, 0.1) is 3.57 Å². The minimum atomic E-state index is -1.01. The van der Waals surface area contributed by atoms with Crippen molar-refractivity contribution < 1.29 is 33.6 Å². The largest absolute Gasteiger partial charge is 0.494 e. The molecule has 2 heterocycles. The number of carbonyl (C=O) groups excluding carboxylic acids is 1. The summed E-state index contributed by atoms with van der Waals surface area (Å²) in [6.45, 7) is 7.85. The first kappa shape index (κ1) is 33.9. The average Bonchev–Trinajstić information content (AvgIpc) is 3.33. The van der Waals surface area contributed by atoms with Crippen molar-refractivity contribution in [3.63, 3.8) is 0 Å². The van der Waals surface area contributed by atoms with Crippen LogP contribution in [0.1, 0.15) is 60.8 Å². The fraction of sp³-hybridized carbons (Fsp3) is 0.257. The molecule has 0 spiro atoms. The summed E-state index contributed by atoms with van der Waals surface area (Å²) in [5.41, 5.74) is 2.77. The highest BCUT2D eigenvalue weighted by Gasteiger charge is 2.34. The number of carboxylic acids is 1. The molecule has 1 aliphatic heterocycles. The molecule has 0 fully saturated rings. The Kier molecular flexibility index (Phi) is 10.5. The Morgan fingerprint density at radius 2 is 1.85 bits per heavy atom. The predicted octanol–water partition coefficient (Wildman–Crippen LogP) is 5.48. The Morgan fingerprint density at radius 1 is 1.11 bits per heavy atom. The topological polar surface area (TPSA) is 126 Å². The molecular formula is C35H33IN2O8S. The van der Waals surface area contributed by atoms with Crippen molar-refractivity contribution in [2.45, 2.75) is 46.4 Å². The molecule has 0 saturated carbocycles. The van der Waals surface area contributed by atoms with Gasteiger partial charge in [0.15, 0.2) is 16.3 Å². The van der Waals surface area contributed by atoms with Crippen molar-refractivity contribution in [3.8, 4) is 17.2 Å². The Balaban J connectivity index is 1.55. The zero-order valence-corrected chi connectivity index (χ0v) is 29.4. The SMILES string of the molecule is CCOc1ccc([C@H]2C(C(=O)OC(C)C)=C(C)N=c3s/c(=C/c4cc(I)c(OCc5cccc(C(=O)O)c5)c(OC)c4)c(=O)n32)cc1. The van der Waals surface area contributed by atoms with Crippen LogP contribution in [0.4, 0.5) is 0 Å². The van der Waals surface area contributed by atoms with Crippen LogP contribution in [0.3, 0.4) is 0 Å². The highest BCUT2D eigenvalue weighted by atomic mass is 127. The molecule has 4 aromatic rings. The number of nitrogens with zero attached hydrogens (tertiary/aromatic N) is 2. The van der Waals surface area contributed by atoms with E-state index in [1.165, 1.54) is 24.5 Å². The first-order valence-electron chi connectivity index (χ1n) is 14.8. The minimum absolute atomic E-state index is 0.137. The van der Waals surface area contributed by atoms with Crippen molar-refractivity contribution in [2.75, 3.05) is 13.7 Å². The van der Waals surface area contributed by atoms with Gasteiger partial charge in [-0.25, -0.2) is 14.6 Å². The van der Waals surface area contributed by atoms with E-state index in [9.17, 15) is 19.5 Å². The molecule has 0 unspecified atom stereocenters. The number of halogens is 1. The highest BCUT2D eigenvalue weighted by Crippen LogP contribution is 2.35. The minimum Gasteiger partial charge on any atom is -0.494 e. The van der Waals surface area contributed by atoms with Crippen LogP contribution >= 0.6 is 33.9 Å². The number of rotatable bonds is 11. The van der Waals surface area contributed by atoms with Gasteiger partial charge in [0, 0.05) is 0 Å². The molecule has 0 aliphatic carbocycles. The van der Waals surface area contributed by atoms with Gasteiger partial charge in [0.25, 0.3) is 5.56 Å². The predicted molar refractivity (Wildman–Crippen MR) is 186 cm³/mol. The lowest BCUT2D eigenvalue weighted by molar-refractivity contribution is -0.143. The molecule has 1 atom stereocenters. The lowest BCUT2D eigenvalue weighted by Crippen LogP contribution is -2.40. The number of benzene rings is 3. The van der Waals surface area contributed by atoms with E-state index in [1.54, 1.807) is 55.7 Å². The zero-order chi connectivity index (χ0) is 33.8. The third kappa shape index (κ3) is 7.43. The molecule has 1 aliphatic rings. The summed E-state index contributed by atoms with van der Waals surface area (Å²) in [4.78, 5) is 44.0. The second-order valence-electron chi connectivity index (χ2n) is 10.9. The number of aromatic carboxylic acids is 1. The van der Waals surface area contributed by atoms with Crippen molar-refractivity contribution in [2.24, 2.45) is 4.99 Å². The quantitative estimate of drug-likeness (QED) is 0.157. The second kappa shape index (κ2) is 14.6. The van der Waals surface area contributed by atoms with E-state index in [0.29, 0.717) is 55.6 Å². The Labute approximate surface area is 288 Å². The third-order valence-electron chi connectivity index (χ3n) is 7.20. The van der Waals surface area contributed by atoms with Crippen LogP contribution in [0.25, 0.3) is 6.08 Å². The number of hydrogen-bond acceptors (Lipinski definition) is 9. The molecule has 244 valence electrons. The molecule has 0 saturated heterocycles. The van der Waals surface area contributed by atoms with Crippen molar-refractivity contribution in [3.05, 3.63) is 117 Å². The van der Waals surface area contributed by atoms with Crippen LogP contribution in [-0.2, 0) is 16.1 Å². The summed E-state index contributed by atoms with van der Waals surface area (Å²) < 4.78 is 25.6. The van der Waals surface area contributed by atoms with Gasteiger partial charge in [-0.2, -0.15) is 0 Å². The van der Waals surface area contributed by atoms with Crippen LogP contribution in [0.5, 0.6) is 17.2 Å². The van der Waals surface area contributed by atoms with Crippen molar-refractivity contribution >= 4 is 51.9 Å². The summed E-state index contributed by atoms with van der Waals surface area (Å²) in [6.07, 6.45) is 1.41. The molecular weight excluding hydrogens is 735 g/mol. The lowest BCUT2D eigenvalue weighted by Gasteiger charge is -2.25. The number of hydrogen-bond donors (Lipinski definition) is 1. The Hall–Kier alpha value is -4.43. The molecule has 0 amide bonds. The van der Waals surface area contributed by atoms with Crippen molar-refractivity contribution in [1.29, 1.82) is 0 Å². The van der Waals surface area contributed by atoms with E-state index >= 15 is 0 Å². The van der Waals surface area contributed by atoms with Gasteiger partial charge in [-0.05, 0) is 109 Å². The molecule has 47 heavy (non-hydrogen) atoms. The van der Waals surface area contributed by atoms with Gasteiger partial charge >= 0.3 is 11.9 Å². The van der Waals surface area contributed by atoms with Gasteiger partial charge in [0.2, 0.25) is 0 Å². The first-order valence-corrected chi connectivity index (χ1v) is 16.7. The molecule has 3 aromatic carbocycles. The smallest absolute Gasteiger partial charge is 0.338 e. The van der Waals surface area contributed by atoms with Crippen LogP contribution < -0.4 is 29.1 Å². The number of ether oxygens (including phenoxy) is 4. The lowest BCUT2D eigenvalue weighted by atomic mass is 9.96. The van der Waals surface area contributed by atoms with E-state index in [4.69, 9.17) is 18.9 Å². The number of methoxy groups -OCH3 is 1. The molecule has 1 aromatic heterocycles. The molecule has 0 radical (unpaired) electrons. The molecule has 5 rings (SSSR count).